The molecule has 5 rings (SSSR count). The summed E-state index contributed by atoms with van der Waals surface area (Å²) in [5.41, 5.74) is 7.99. The van der Waals surface area contributed by atoms with E-state index in [0.717, 1.165) is 90.1 Å². The molecule has 1 saturated heterocycles. The van der Waals surface area contributed by atoms with Crippen molar-refractivity contribution in [3.8, 4) is 23.1 Å². The van der Waals surface area contributed by atoms with E-state index in [1.54, 1.807) is 7.05 Å². The largest absolute Gasteiger partial charge is 0.471 e. The fraction of sp³-hybridized carbons (Fsp3) is 0.478. The summed E-state index contributed by atoms with van der Waals surface area (Å²) in [6.45, 7) is 14.5. The fourth-order valence-corrected chi connectivity index (χ4v) is 6.83. The van der Waals surface area contributed by atoms with Crippen LogP contribution in [0.3, 0.4) is 0 Å². The van der Waals surface area contributed by atoms with E-state index < -0.39 is 12.1 Å². The fourth-order valence-electron chi connectivity index (χ4n) is 6.83. The molecule has 14 heteroatoms. The van der Waals surface area contributed by atoms with E-state index in [1.807, 2.05) is 43.1 Å². The molecule has 0 spiro atoms. The smallest absolute Gasteiger partial charge is 0.407 e. The van der Waals surface area contributed by atoms with Gasteiger partial charge in [-0.3, -0.25) is 19.4 Å². The number of aliphatic imine (C=N–C) groups is 1. The third-order valence-electron chi connectivity index (χ3n) is 9.82. The third kappa shape index (κ3) is 15.0. The van der Waals surface area contributed by atoms with E-state index in [2.05, 4.69) is 97.6 Å². The molecule has 2 atom stereocenters. The number of nitrogens with zero attached hydrogens (tertiary/aromatic N) is 3. The number of methoxy groups -OCH3 is 2. The van der Waals surface area contributed by atoms with Gasteiger partial charge in [0.1, 0.15) is 11.9 Å². The summed E-state index contributed by atoms with van der Waals surface area (Å²) in [4.78, 5) is 60.2. The van der Waals surface area contributed by atoms with E-state index >= 15 is 0 Å². The molecule has 3 aromatic rings. The number of rotatable bonds is 16. The molecule has 2 unspecified atom stereocenters. The second kappa shape index (κ2) is 26.2. The van der Waals surface area contributed by atoms with Crippen LogP contribution >= 0.6 is 0 Å². The molecule has 1 aliphatic carbocycles. The first kappa shape index (κ1) is 48.4. The summed E-state index contributed by atoms with van der Waals surface area (Å²) in [6, 6.07) is 13.8. The zero-order chi connectivity index (χ0) is 43.9. The minimum Gasteiger partial charge on any atom is -0.471 e. The minimum absolute atomic E-state index is 0.0112. The van der Waals surface area contributed by atoms with Gasteiger partial charge in [-0.1, -0.05) is 64.2 Å². The van der Waals surface area contributed by atoms with Crippen LogP contribution < -0.4 is 21.3 Å². The van der Waals surface area contributed by atoms with Crippen LogP contribution in [0, 0.1) is 17.8 Å². The molecule has 2 aliphatic rings. The number of aromatic nitrogens is 2. The maximum Gasteiger partial charge on any atom is 0.407 e. The minimum atomic E-state index is -0.650. The van der Waals surface area contributed by atoms with E-state index in [-0.39, 0.29) is 23.8 Å². The molecule has 0 saturated carbocycles. The van der Waals surface area contributed by atoms with Gasteiger partial charge >= 0.3 is 6.09 Å². The highest BCUT2D eigenvalue weighted by atomic mass is 16.5. The second-order valence-corrected chi connectivity index (χ2v) is 14.9. The summed E-state index contributed by atoms with van der Waals surface area (Å²) >= 11 is 0. The molecule has 60 heavy (non-hydrogen) atoms. The van der Waals surface area contributed by atoms with E-state index in [1.165, 1.54) is 26.2 Å². The maximum absolute atomic E-state index is 13.5. The Kier molecular flexibility index (Phi) is 21.2. The number of carbonyl (C=O) groups is 4. The van der Waals surface area contributed by atoms with Crippen molar-refractivity contribution in [2.24, 2.45) is 10.9 Å². The Morgan fingerprint density at radius 2 is 1.77 bits per heavy atom. The molecule has 14 nitrogen and oxygen atoms in total. The van der Waals surface area contributed by atoms with Crippen LogP contribution in [-0.4, -0.2) is 105 Å². The molecule has 3 amide bonds. The summed E-state index contributed by atoms with van der Waals surface area (Å²) in [5.74, 6) is 7.43. The van der Waals surface area contributed by atoms with Gasteiger partial charge in [-0.05, 0) is 93.6 Å². The standard InChI is InChI=1S/C41H52N8O4.C3H8.C2H4O2/c1-27(2)38(48-41(52)53-5)40(51)49-22-8-9-32(49)24-46-39-33-19-15-29(23-31(33)18-20-34(39)43-4)12-11-28-13-16-30(17-14-28)35-25-45-36(47-35)10-6-7-21-44-37(50)26-42-3;1-3-2;1-4-2-3/h13-17,19,23,25,27,32,38,42,46H,4,6-10,18,20-22,24,26H2,1-3,5H3,(H,44,50)(H,45,47)(H,48,52);3H2,1-2H3;2H,1H3. The number of fused-ring (bicyclic) bond motifs is 1. The molecular weight excluding hydrogens is 761 g/mol. The first-order valence-corrected chi connectivity index (χ1v) is 20.8. The highest BCUT2D eigenvalue weighted by molar-refractivity contribution is 5.86. The molecule has 0 bridgehead atoms. The Bertz CT molecular complexity index is 1950. The lowest BCUT2D eigenvalue weighted by molar-refractivity contribution is -0.135. The van der Waals surface area contributed by atoms with Gasteiger partial charge in [0.2, 0.25) is 11.8 Å². The summed E-state index contributed by atoms with van der Waals surface area (Å²) < 4.78 is 8.63. The van der Waals surface area contributed by atoms with Gasteiger partial charge < -0.3 is 40.6 Å². The van der Waals surface area contributed by atoms with Gasteiger partial charge in [0.05, 0.1) is 44.0 Å². The van der Waals surface area contributed by atoms with Gasteiger partial charge in [0.15, 0.2) is 0 Å². The van der Waals surface area contributed by atoms with Crippen LogP contribution in [0.5, 0.6) is 0 Å². The van der Waals surface area contributed by atoms with Crippen molar-refractivity contribution in [2.45, 2.75) is 91.1 Å². The van der Waals surface area contributed by atoms with E-state index in [9.17, 15) is 14.4 Å². The molecule has 1 aliphatic heterocycles. The number of aryl methyl sites for hydroxylation is 2. The number of unbranched alkanes of at least 4 members (excludes halogenated alkanes) is 1. The molecule has 324 valence electrons. The number of alkyl carbamates (subject to hydrolysis) is 1. The van der Waals surface area contributed by atoms with Crippen LogP contribution in [0.2, 0.25) is 0 Å². The number of benzene rings is 2. The van der Waals surface area contributed by atoms with E-state index in [4.69, 9.17) is 9.53 Å². The molecule has 1 aromatic heterocycles. The van der Waals surface area contributed by atoms with Gasteiger partial charge in [-0.15, -0.1) is 0 Å². The Balaban J connectivity index is 0.00000128. The molecule has 0 radical (unpaired) electrons. The summed E-state index contributed by atoms with van der Waals surface area (Å²) in [5, 5.41) is 12.1. The van der Waals surface area contributed by atoms with Gasteiger partial charge in [-0.25, -0.2) is 9.78 Å². The Labute approximate surface area is 355 Å². The molecule has 2 heterocycles. The number of H-pyrrole nitrogens is 1. The van der Waals surface area contributed by atoms with Crippen molar-refractivity contribution in [2.75, 3.05) is 47.4 Å². The lowest BCUT2D eigenvalue weighted by Crippen LogP contribution is -2.53. The van der Waals surface area contributed by atoms with Gasteiger partial charge in [-0.2, -0.15) is 0 Å². The van der Waals surface area contributed by atoms with Gasteiger partial charge in [0, 0.05) is 48.8 Å². The maximum atomic E-state index is 13.5. The number of hydrogen-bond acceptors (Lipinski definition) is 10. The molecule has 1 fully saturated rings. The van der Waals surface area contributed by atoms with Crippen LogP contribution in [0.15, 0.2) is 59.4 Å². The van der Waals surface area contributed by atoms with Crippen molar-refractivity contribution in [1.82, 2.24) is 36.1 Å². The Morgan fingerprint density at radius 1 is 1.07 bits per heavy atom. The van der Waals surface area contributed by atoms with E-state index in [0.29, 0.717) is 32.7 Å². The average Bonchev–Trinajstić information content (AvgIpc) is 3.94. The zero-order valence-electron chi connectivity index (χ0n) is 36.4. The van der Waals surface area contributed by atoms with Crippen molar-refractivity contribution in [3.63, 3.8) is 0 Å². The number of aromatic amines is 1. The number of nitrogens with one attached hydrogen (secondary N) is 5. The number of imidazole rings is 1. The molecular formula is C46H64N8O6. The quantitative estimate of drug-likeness (QED) is 0.0531. The van der Waals surface area contributed by atoms with Crippen LogP contribution in [0.1, 0.15) is 94.3 Å². The second-order valence-electron chi connectivity index (χ2n) is 14.9. The highest BCUT2D eigenvalue weighted by Gasteiger charge is 2.35. The average molecular weight is 825 g/mol. The van der Waals surface area contributed by atoms with Crippen molar-refractivity contribution in [1.29, 1.82) is 0 Å². The first-order valence-electron chi connectivity index (χ1n) is 20.8. The van der Waals surface area contributed by atoms with Crippen molar-refractivity contribution < 1.29 is 28.7 Å². The molecule has 2 aromatic carbocycles. The Hall–Kier alpha value is -5.94. The predicted octanol–water partition coefficient (Wildman–Crippen LogP) is 5.62. The lowest BCUT2D eigenvalue weighted by atomic mass is 9.90. The number of allylic oxidation sites excluding steroid dienone is 1. The Morgan fingerprint density at radius 3 is 2.42 bits per heavy atom. The topological polar surface area (TPSA) is 179 Å². The monoisotopic (exact) mass is 824 g/mol. The summed E-state index contributed by atoms with van der Waals surface area (Å²) in [6.07, 6.45) is 8.52. The van der Waals surface area contributed by atoms with Crippen molar-refractivity contribution in [3.05, 3.63) is 82.4 Å². The van der Waals surface area contributed by atoms with Crippen LogP contribution in [0.4, 0.5) is 4.79 Å². The van der Waals surface area contributed by atoms with Crippen molar-refractivity contribution >= 4 is 36.8 Å². The SMILES string of the molecule is C=NC1=C(NCC2CCCN2C(=O)C(NC(=O)OC)C(C)C)c2ccc(C#Cc3ccc(-c4cnc(CCCCNC(=O)CNC)[nH]4)cc3)cc2CC1.CCC.COC=O. The number of ether oxygens (including phenoxy) is 2. The lowest BCUT2D eigenvalue weighted by Gasteiger charge is -2.32. The number of amides is 3. The number of likely N-dealkylation sites (N-methyl/N-ethyl adjacent to an activating group) is 1. The summed E-state index contributed by atoms with van der Waals surface area (Å²) in [7, 11) is 4.37. The number of hydrogen-bond donors (Lipinski definition) is 5. The molecule has 5 N–H and O–H groups in total. The van der Waals surface area contributed by atoms with Gasteiger partial charge in [0.25, 0.3) is 6.47 Å². The number of likely N-dealkylation sites (tertiary alicyclic amines) is 1. The third-order valence-corrected chi connectivity index (χ3v) is 9.82. The highest BCUT2D eigenvalue weighted by Crippen LogP contribution is 2.32. The predicted molar refractivity (Wildman–Crippen MR) is 237 cm³/mol. The zero-order valence-corrected chi connectivity index (χ0v) is 36.4. The van der Waals surface area contributed by atoms with Crippen LogP contribution in [0.25, 0.3) is 17.0 Å². The normalized spacial score (nSPS) is 14.5. The first-order chi connectivity index (χ1) is 29.0. The van der Waals surface area contributed by atoms with Crippen LogP contribution in [-0.2, 0) is 36.7 Å². The number of carbonyl (C=O) groups excluding carboxylic acids is 4.